The predicted molar refractivity (Wildman–Crippen MR) is 99.4 cm³/mol. The molecule has 2 heterocycles. The highest BCUT2D eigenvalue weighted by Gasteiger charge is 2.35. The maximum Gasteiger partial charge on any atom is 0.285 e. The fourth-order valence-electron chi connectivity index (χ4n) is 3.53. The number of benzene rings is 2. The largest absolute Gasteiger partial charge is 0.355 e. The summed E-state index contributed by atoms with van der Waals surface area (Å²) in [4.78, 5) is 14.5. The van der Waals surface area contributed by atoms with E-state index in [2.05, 4.69) is 9.71 Å². The van der Waals surface area contributed by atoms with Gasteiger partial charge in [0, 0.05) is 24.7 Å². The zero-order valence-electron chi connectivity index (χ0n) is 14.7. The first-order chi connectivity index (χ1) is 13.3. The lowest BCUT2D eigenvalue weighted by atomic mass is 9.96. The molecule has 1 saturated heterocycles. The Morgan fingerprint density at radius 1 is 1.18 bits per heavy atom. The number of likely N-dealkylation sites (tertiary alicyclic amines) is 1. The van der Waals surface area contributed by atoms with Crippen molar-refractivity contribution in [1.82, 2.24) is 4.90 Å². The summed E-state index contributed by atoms with van der Waals surface area (Å²) in [5, 5.41) is 2.43. The van der Waals surface area contributed by atoms with E-state index in [1.807, 2.05) is 0 Å². The van der Waals surface area contributed by atoms with Crippen molar-refractivity contribution in [3.63, 3.8) is 0 Å². The minimum Gasteiger partial charge on any atom is -0.355 e. The molecule has 6 nitrogen and oxygen atoms in total. The number of piperidine rings is 1. The number of nitrogens with one attached hydrogen (secondary N) is 1. The molecule has 1 amide bonds. The van der Waals surface area contributed by atoms with Gasteiger partial charge < -0.3 is 10.2 Å². The quantitative estimate of drug-likeness (QED) is 0.833. The minimum absolute atomic E-state index is 0.151. The molecule has 9 heteroatoms. The van der Waals surface area contributed by atoms with E-state index in [0.717, 1.165) is 18.2 Å². The second-order valence-electron chi connectivity index (χ2n) is 6.78. The summed E-state index contributed by atoms with van der Waals surface area (Å²) in [7, 11) is -3.75. The number of anilines is 1. The molecule has 1 atom stereocenters. The number of sulfonamides is 1. The van der Waals surface area contributed by atoms with Crippen molar-refractivity contribution >= 4 is 27.5 Å². The van der Waals surface area contributed by atoms with Gasteiger partial charge in [0.2, 0.25) is 5.91 Å². The van der Waals surface area contributed by atoms with Gasteiger partial charge in [-0.05, 0) is 37.1 Å². The average molecular weight is 405 g/mol. The number of rotatable bonds is 2. The third-order valence-electron chi connectivity index (χ3n) is 4.89. The molecule has 1 fully saturated rings. The lowest BCUT2D eigenvalue weighted by Crippen LogP contribution is -2.43. The lowest BCUT2D eigenvalue weighted by Gasteiger charge is -2.33. The number of amidine groups is 1. The smallest absolute Gasteiger partial charge is 0.285 e. The second kappa shape index (κ2) is 6.97. The highest BCUT2D eigenvalue weighted by molar-refractivity contribution is 7.90. The van der Waals surface area contributed by atoms with E-state index in [0.29, 0.717) is 30.8 Å². The number of fused-ring (bicyclic) bond motifs is 1. The molecular formula is C19H17F2N3O3S. The van der Waals surface area contributed by atoms with E-state index in [9.17, 15) is 22.0 Å². The first kappa shape index (κ1) is 18.5. The van der Waals surface area contributed by atoms with Crippen molar-refractivity contribution in [2.75, 3.05) is 18.4 Å². The molecule has 2 aromatic rings. The van der Waals surface area contributed by atoms with Gasteiger partial charge in [-0.15, -0.1) is 4.40 Å². The third-order valence-corrected chi connectivity index (χ3v) is 6.22. The molecule has 28 heavy (non-hydrogen) atoms. The molecule has 2 aliphatic rings. The number of halogens is 2. The molecule has 0 aromatic heterocycles. The number of carbonyl (C=O) groups is 1. The van der Waals surface area contributed by atoms with Crippen molar-refractivity contribution in [2.45, 2.75) is 17.7 Å². The maximum atomic E-state index is 13.8. The van der Waals surface area contributed by atoms with Gasteiger partial charge in [0.15, 0.2) is 5.84 Å². The van der Waals surface area contributed by atoms with Crippen LogP contribution in [-0.2, 0) is 14.8 Å². The predicted octanol–water partition coefficient (Wildman–Crippen LogP) is 2.76. The Labute approximate surface area is 160 Å². The zero-order valence-corrected chi connectivity index (χ0v) is 15.5. The summed E-state index contributed by atoms with van der Waals surface area (Å²) in [5.41, 5.74) is 0.299. The highest BCUT2D eigenvalue weighted by atomic mass is 32.2. The summed E-state index contributed by atoms with van der Waals surface area (Å²) in [6.07, 6.45) is 1.20. The van der Waals surface area contributed by atoms with Crippen LogP contribution in [0.4, 0.5) is 14.5 Å². The number of hydrogen-bond acceptors (Lipinski definition) is 4. The van der Waals surface area contributed by atoms with Gasteiger partial charge in [0.1, 0.15) is 16.5 Å². The van der Waals surface area contributed by atoms with E-state index >= 15 is 0 Å². The molecule has 0 radical (unpaired) electrons. The number of hydrogen-bond donors (Lipinski definition) is 1. The summed E-state index contributed by atoms with van der Waals surface area (Å²) >= 11 is 0. The average Bonchev–Trinajstić information content (AvgIpc) is 2.96. The molecule has 0 bridgehead atoms. The Bertz CT molecular complexity index is 1090. The van der Waals surface area contributed by atoms with Gasteiger partial charge in [-0.25, -0.2) is 8.78 Å². The molecular weight excluding hydrogens is 388 g/mol. The summed E-state index contributed by atoms with van der Waals surface area (Å²) < 4.78 is 55.5. The monoisotopic (exact) mass is 405 g/mol. The molecule has 4 rings (SSSR count). The summed E-state index contributed by atoms with van der Waals surface area (Å²) in [5.74, 6) is -1.99. The lowest BCUT2D eigenvalue weighted by molar-refractivity contribution is -0.121. The Balaban J connectivity index is 1.54. The minimum atomic E-state index is -3.75. The third kappa shape index (κ3) is 3.37. The van der Waals surface area contributed by atoms with Crippen LogP contribution >= 0.6 is 0 Å². The fraction of sp³-hybridized carbons (Fsp3) is 0.263. The van der Waals surface area contributed by atoms with Crippen LogP contribution in [0.2, 0.25) is 0 Å². The summed E-state index contributed by atoms with van der Waals surface area (Å²) in [6.45, 7) is 0.798. The standard InChI is InChI=1S/C19H17F2N3O3S/c20-13-7-8-15(21)16(10-13)22-19(25)12-4-3-9-24(11-12)18-14-5-1-2-6-17(14)28(26,27)23-18/h1-2,5-8,10,12H,3-4,9,11H2,(H,22,25). The highest BCUT2D eigenvalue weighted by Crippen LogP contribution is 2.30. The first-order valence-electron chi connectivity index (χ1n) is 8.80. The van der Waals surface area contributed by atoms with Gasteiger partial charge in [0.05, 0.1) is 11.6 Å². The number of nitrogens with zero attached hydrogens (tertiary/aromatic N) is 2. The van der Waals surface area contributed by atoms with Gasteiger partial charge in [-0.2, -0.15) is 8.42 Å². The van der Waals surface area contributed by atoms with E-state index in [4.69, 9.17) is 0 Å². The van der Waals surface area contributed by atoms with E-state index in [1.54, 1.807) is 23.1 Å². The molecule has 0 saturated carbocycles. The molecule has 0 aliphatic carbocycles. The van der Waals surface area contributed by atoms with Crippen molar-refractivity contribution in [2.24, 2.45) is 10.3 Å². The van der Waals surface area contributed by atoms with Crippen LogP contribution in [0, 0.1) is 17.6 Å². The zero-order chi connectivity index (χ0) is 19.9. The molecule has 146 valence electrons. The molecule has 1 N–H and O–H groups in total. The first-order valence-corrected chi connectivity index (χ1v) is 10.2. The number of carbonyl (C=O) groups excluding carboxylic acids is 1. The van der Waals surface area contributed by atoms with E-state index in [-0.39, 0.29) is 17.1 Å². The Hall–Kier alpha value is -2.81. The molecule has 2 aliphatic heterocycles. The van der Waals surface area contributed by atoms with Gasteiger partial charge >= 0.3 is 0 Å². The molecule has 0 spiro atoms. The summed E-state index contributed by atoms with van der Waals surface area (Å²) in [6, 6.07) is 9.41. The van der Waals surface area contributed by atoms with Crippen molar-refractivity contribution in [1.29, 1.82) is 0 Å². The Kier molecular flexibility index (Phi) is 4.62. The Morgan fingerprint density at radius 2 is 1.96 bits per heavy atom. The molecule has 1 unspecified atom stereocenters. The second-order valence-corrected chi connectivity index (χ2v) is 8.36. The van der Waals surface area contributed by atoms with Crippen molar-refractivity contribution in [3.05, 3.63) is 59.7 Å². The van der Waals surface area contributed by atoms with Crippen LogP contribution in [0.25, 0.3) is 0 Å². The van der Waals surface area contributed by atoms with Crippen molar-refractivity contribution < 1.29 is 22.0 Å². The molecule has 2 aromatic carbocycles. The maximum absolute atomic E-state index is 13.8. The van der Waals surface area contributed by atoms with Crippen LogP contribution in [0.1, 0.15) is 18.4 Å². The topological polar surface area (TPSA) is 78.8 Å². The van der Waals surface area contributed by atoms with Gasteiger partial charge in [0.25, 0.3) is 10.0 Å². The number of amides is 1. The van der Waals surface area contributed by atoms with Crippen LogP contribution in [0.15, 0.2) is 51.8 Å². The van der Waals surface area contributed by atoms with Crippen LogP contribution in [-0.4, -0.2) is 38.2 Å². The van der Waals surface area contributed by atoms with Crippen LogP contribution in [0.5, 0.6) is 0 Å². The van der Waals surface area contributed by atoms with E-state index < -0.39 is 33.5 Å². The SMILES string of the molecule is O=C(Nc1cc(F)ccc1F)C1CCCN(C2=NS(=O)(=O)c3ccccc32)C1. The Morgan fingerprint density at radius 3 is 2.79 bits per heavy atom. The van der Waals surface area contributed by atoms with Crippen LogP contribution < -0.4 is 5.32 Å². The van der Waals surface area contributed by atoms with E-state index in [1.165, 1.54) is 6.07 Å². The fourth-order valence-corrected chi connectivity index (χ4v) is 4.76. The van der Waals surface area contributed by atoms with Gasteiger partial charge in [-0.3, -0.25) is 4.79 Å². The van der Waals surface area contributed by atoms with Gasteiger partial charge in [-0.1, -0.05) is 12.1 Å². The normalized spacial score (nSPS) is 20.4. The van der Waals surface area contributed by atoms with Crippen molar-refractivity contribution in [3.8, 4) is 0 Å². The van der Waals surface area contributed by atoms with Crippen LogP contribution in [0.3, 0.4) is 0 Å².